The van der Waals surface area contributed by atoms with E-state index >= 15 is 0 Å². The second-order valence-electron chi connectivity index (χ2n) is 4.67. The molecule has 5 heteroatoms. The molecule has 1 aromatic heterocycles. The van der Waals surface area contributed by atoms with Crippen molar-refractivity contribution in [2.24, 2.45) is 0 Å². The van der Waals surface area contributed by atoms with Gasteiger partial charge in [-0.15, -0.1) is 0 Å². The summed E-state index contributed by atoms with van der Waals surface area (Å²) in [5.74, 6) is 2.24. The minimum absolute atomic E-state index is 0.244. The molecule has 5 nitrogen and oxygen atoms in total. The Labute approximate surface area is 111 Å². The Morgan fingerprint density at radius 3 is 3.00 bits per heavy atom. The van der Waals surface area contributed by atoms with E-state index < -0.39 is 0 Å². The molecule has 1 aromatic carbocycles. The number of nitrogens with zero attached hydrogens (tertiary/aromatic N) is 2. The van der Waals surface area contributed by atoms with Crippen LogP contribution in [0.5, 0.6) is 5.75 Å². The molecule has 0 N–H and O–H groups in total. The van der Waals surface area contributed by atoms with Crippen LogP contribution in [0.3, 0.4) is 0 Å². The predicted octanol–water partition coefficient (Wildman–Crippen LogP) is 2.56. The zero-order valence-corrected chi connectivity index (χ0v) is 11.0. The van der Waals surface area contributed by atoms with Crippen molar-refractivity contribution in [1.29, 1.82) is 0 Å². The topological polar surface area (TPSA) is 57.4 Å². The summed E-state index contributed by atoms with van der Waals surface area (Å²) in [5.41, 5.74) is 1.88. The molecule has 0 spiro atoms. The van der Waals surface area contributed by atoms with Crippen LogP contribution in [-0.4, -0.2) is 30.5 Å². The van der Waals surface area contributed by atoms with Gasteiger partial charge in [-0.05, 0) is 25.0 Å². The smallest absolute Gasteiger partial charge is 0.261 e. The number of aryl methyl sites for hydroxylation is 1. The Bertz CT molecular complexity index is 574. The van der Waals surface area contributed by atoms with Crippen molar-refractivity contribution < 1.29 is 14.0 Å². The third-order valence-electron chi connectivity index (χ3n) is 3.38. The third-order valence-corrected chi connectivity index (χ3v) is 3.38. The zero-order valence-electron chi connectivity index (χ0n) is 11.0. The number of para-hydroxylation sites is 1. The van der Waals surface area contributed by atoms with Gasteiger partial charge in [0.15, 0.2) is 5.82 Å². The summed E-state index contributed by atoms with van der Waals surface area (Å²) in [6.07, 6.45) is 0.948. The van der Waals surface area contributed by atoms with E-state index in [2.05, 4.69) is 10.1 Å². The summed E-state index contributed by atoms with van der Waals surface area (Å²) in [7, 11) is 1.65. The Morgan fingerprint density at radius 1 is 1.37 bits per heavy atom. The molecule has 2 aromatic rings. The summed E-state index contributed by atoms with van der Waals surface area (Å²) in [4.78, 5) is 4.47. The molecular formula is C14H16N2O3. The second kappa shape index (κ2) is 5.01. The van der Waals surface area contributed by atoms with Crippen molar-refractivity contribution >= 4 is 0 Å². The van der Waals surface area contributed by atoms with Gasteiger partial charge < -0.3 is 14.0 Å². The van der Waals surface area contributed by atoms with Crippen LogP contribution in [0.15, 0.2) is 22.7 Å². The molecule has 0 aliphatic carbocycles. The Balaban J connectivity index is 1.96. The van der Waals surface area contributed by atoms with Crippen LogP contribution in [0, 0.1) is 6.92 Å². The van der Waals surface area contributed by atoms with Crippen LogP contribution in [0.25, 0.3) is 11.5 Å². The van der Waals surface area contributed by atoms with Crippen LogP contribution in [0.1, 0.15) is 23.7 Å². The SMILES string of the molecule is COc1c(C)cccc1-c1nc(C2CCOC2)no1. The van der Waals surface area contributed by atoms with Crippen molar-refractivity contribution in [1.82, 2.24) is 10.1 Å². The lowest BCUT2D eigenvalue weighted by molar-refractivity contribution is 0.192. The normalized spacial score (nSPS) is 18.7. The number of hydrogen-bond acceptors (Lipinski definition) is 5. The first-order valence-corrected chi connectivity index (χ1v) is 6.35. The van der Waals surface area contributed by atoms with Crippen molar-refractivity contribution in [3.63, 3.8) is 0 Å². The van der Waals surface area contributed by atoms with E-state index in [-0.39, 0.29) is 5.92 Å². The van der Waals surface area contributed by atoms with Gasteiger partial charge in [-0.1, -0.05) is 17.3 Å². The van der Waals surface area contributed by atoms with Gasteiger partial charge in [0.25, 0.3) is 5.89 Å². The summed E-state index contributed by atoms with van der Waals surface area (Å²) < 4.78 is 16.1. The van der Waals surface area contributed by atoms with Gasteiger partial charge in [-0.3, -0.25) is 0 Å². The van der Waals surface area contributed by atoms with Crippen molar-refractivity contribution in [2.45, 2.75) is 19.3 Å². The molecule has 0 radical (unpaired) electrons. The van der Waals surface area contributed by atoms with Crippen LogP contribution in [0.2, 0.25) is 0 Å². The van der Waals surface area contributed by atoms with Gasteiger partial charge in [0.05, 0.1) is 19.3 Å². The van der Waals surface area contributed by atoms with Gasteiger partial charge in [-0.25, -0.2) is 0 Å². The lowest BCUT2D eigenvalue weighted by Crippen LogP contribution is -1.99. The second-order valence-corrected chi connectivity index (χ2v) is 4.67. The van der Waals surface area contributed by atoms with Crippen LogP contribution >= 0.6 is 0 Å². The molecular weight excluding hydrogens is 244 g/mol. The third kappa shape index (κ3) is 2.21. The number of hydrogen-bond donors (Lipinski definition) is 0. The van der Waals surface area contributed by atoms with Crippen molar-refractivity contribution in [2.75, 3.05) is 20.3 Å². The monoisotopic (exact) mass is 260 g/mol. The van der Waals surface area contributed by atoms with E-state index in [9.17, 15) is 0 Å². The summed E-state index contributed by atoms with van der Waals surface area (Å²) in [6.45, 7) is 3.43. The lowest BCUT2D eigenvalue weighted by atomic mass is 10.1. The molecule has 3 rings (SSSR count). The number of ether oxygens (including phenoxy) is 2. The largest absolute Gasteiger partial charge is 0.496 e. The first-order chi connectivity index (χ1) is 9.29. The maximum absolute atomic E-state index is 5.41. The fourth-order valence-corrected chi connectivity index (χ4v) is 2.34. The van der Waals surface area contributed by atoms with E-state index in [1.165, 1.54) is 0 Å². The minimum atomic E-state index is 0.244. The number of methoxy groups -OCH3 is 1. The summed E-state index contributed by atoms with van der Waals surface area (Å²) in [6, 6.07) is 5.87. The highest BCUT2D eigenvalue weighted by molar-refractivity contribution is 5.65. The van der Waals surface area contributed by atoms with Crippen molar-refractivity contribution in [3.05, 3.63) is 29.6 Å². The lowest BCUT2D eigenvalue weighted by Gasteiger charge is -2.07. The first-order valence-electron chi connectivity index (χ1n) is 6.35. The Kier molecular flexibility index (Phi) is 3.21. The quantitative estimate of drug-likeness (QED) is 0.848. The standard InChI is InChI=1S/C14H16N2O3/c1-9-4-3-5-11(12(9)17-2)14-15-13(16-19-14)10-6-7-18-8-10/h3-5,10H,6-8H2,1-2H3. The maximum atomic E-state index is 5.41. The average Bonchev–Trinajstić information content (AvgIpc) is 3.09. The molecule has 1 unspecified atom stereocenters. The van der Waals surface area contributed by atoms with Gasteiger partial charge >= 0.3 is 0 Å². The van der Waals surface area contributed by atoms with Crippen LogP contribution < -0.4 is 4.74 Å². The average molecular weight is 260 g/mol. The molecule has 0 amide bonds. The highest BCUT2D eigenvalue weighted by Gasteiger charge is 2.24. The Morgan fingerprint density at radius 2 is 2.26 bits per heavy atom. The molecule has 0 bridgehead atoms. The van der Waals surface area contributed by atoms with Gasteiger partial charge in [0.2, 0.25) is 0 Å². The molecule has 1 saturated heterocycles. The molecule has 1 atom stereocenters. The van der Waals surface area contributed by atoms with Gasteiger partial charge in [0, 0.05) is 12.5 Å². The molecule has 1 aliphatic heterocycles. The summed E-state index contributed by atoms with van der Waals surface area (Å²) >= 11 is 0. The molecule has 100 valence electrons. The number of rotatable bonds is 3. The van der Waals surface area contributed by atoms with E-state index in [4.69, 9.17) is 14.0 Å². The van der Waals surface area contributed by atoms with Gasteiger partial charge in [0.1, 0.15) is 5.75 Å². The van der Waals surface area contributed by atoms with Crippen LogP contribution in [-0.2, 0) is 4.74 Å². The Hall–Kier alpha value is -1.88. The highest BCUT2D eigenvalue weighted by Crippen LogP contribution is 2.33. The minimum Gasteiger partial charge on any atom is -0.496 e. The van der Waals surface area contributed by atoms with Crippen molar-refractivity contribution in [3.8, 4) is 17.2 Å². The fraction of sp³-hybridized carbons (Fsp3) is 0.429. The highest BCUT2D eigenvalue weighted by atomic mass is 16.5. The predicted molar refractivity (Wildman–Crippen MR) is 69.2 cm³/mol. The van der Waals surface area contributed by atoms with Gasteiger partial charge in [-0.2, -0.15) is 4.98 Å². The number of benzene rings is 1. The number of aromatic nitrogens is 2. The molecule has 2 heterocycles. The maximum Gasteiger partial charge on any atom is 0.261 e. The zero-order chi connectivity index (χ0) is 13.2. The van der Waals surface area contributed by atoms with E-state index in [0.29, 0.717) is 12.5 Å². The first kappa shape index (κ1) is 12.2. The molecule has 19 heavy (non-hydrogen) atoms. The van der Waals surface area contributed by atoms with E-state index in [0.717, 1.165) is 35.7 Å². The molecule has 1 fully saturated rings. The van der Waals surface area contributed by atoms with Crippen LogP contribution in [0.4, 0.5) is 0 Å². The molecule has 0 saturated carbocycles. The van der Waals surface area contributed by atoms with E-state index in [1.54, 1.807) is 7.11 Å². The fourth-order valence-electron chi connectivity index (χ4n) is 2.34. The molecule has 1 aliphatic rings. The van der Waals surface area contributed by atoms with E-state index in [1.807, 2.05) is 25.1 Å². The summed E-state index contributed by atoms with van der Waals surface area (Å²) in [5, 5.41) is 4.06.